The molecule has 90 valence electrons. The average molecular weight is 249 g/mol. The highest BCUT2D eigenvalue weighted by atomic mass is 32.2. The van der Waals surface area contributed by atoms with Crippen LogP contribution in [0.2, 0.25) is 0 Å². The summed E-state index contributed by atoms with van der Waals surface area (Å²) in [5.41, 5.74) is 0. The number of benzene rings is 1. The molecule has 1 aromatic carbocycles. The van der Waals surface area contributed by atoms with Gasteiger partial charge in [0.05, 0.1) is 6.07 Å². The second-order valence-corrected chi connectivity index (χ2v) is 4.94. The summed E-state index contributed by atoms with van der Waals surface area (Å²) in [4.78, 5) is 1.20. The average Bonchev–Trinajstić information content (AvgIpc) is 2.38. The van der Waals surface area contributed by atoms with Crippen LogP contribution >= 0.6 is 11.8 Å². The highest BCUT2D eigenvalue weighted by Gasteiger charge is 2.11. The van der Waals surface area contributed by atoms with Gasteiger partial charge in [0.25, 0.3) is 0 Å². The number of unbranched alkanes of at least 4 members (excludes halogenated alkanes) is 2. The Kier molecular flexibility index (Phi) is 4.57. The number of thioether (sulfide) groups is 1. The number of nitrogens with zero attached hydrogens (tertiary/aromatic N) is 1. The molecule has 0 bridgehead atoms. The van der Waals surface area contributed by atoms with E-state index in [1.54, 1.807) is 11.8 Å². The van der Waals surface area contributed by atoms with Gasteiger partial charge in [-0.15, -0.1) is 11.8 Å². The van der Waals surface area contributed by atoms with Crippen LogP contribution in [0.1, 0.15) is 19.3 Å². The number of fused-ring (bicyclic) bond motifs is 1. The molecule has 0 saturated heterocycles. The van der Waals surface area contributed by atoms with Crippen molar-refractivity contribution in [2.24, 2.45) is 0 Å². The molecule has 2 rings (SSSR count). The first-order valence-corrected chi connectivity index (χ1v) is 6.78. The summed E-state index contributed by atoms with van der Waals surface area (Å²) >= 11 is 1.80. The van der Waals surface area contributed by atoms with Gasteiger partial charge >= 0.3 is 0 Å². The summed E-state index contributed by atoms with van der Waals surface area (Å²) in [6, 6.07) is 8.22. The lowest BCUT2D eigenvalue weighted by Gasteiger charge is -2.18. The predicted octanol–water partition coefficient (Wildman–Crippen LogP) is 3.24. The van der Waals surface area contributed by atoms with Gasteiger partial charge in [-0.3, -0.25) is 0 Å². The van der Waals surface area contributed by atoms with E-state index in [9.17, 15) is 0 Å². The zero-order chi connectivity index (χ0) is 11.9. The maximum absolute atomic E-state index is 8.43. The third-order valence-corrected chi connectivity index (χ3v) is 3.55. The lowest BCUT2D eigenvalue weighted by atomic mass is 10.3. The number of ether oxygens (including phenoxy) is 2. The van der Waals surface area contributed by atoms with Crippen molar-refractivity contribution in [1.29, 1.82) is 5.26 Å². The highest BCUT2D eigenvalue weighted by Crippen LogP contribution is 2.34. The van der Waals surface area contributed by atoms with Gasteiger partial charge in [-0.2, -0.15) is 5.26 Å². The smallest absolute Gasteiger partial charge is 0.162 e. The third-order valence-electron chi connectivity index (χ3n) is 2.47. The standard InChI is InChI=1S/C13H15NO2S/c14-6-2-1-3-9-17-11-4-5-12-13(10-11)16-8-7-15-12/h4-5,10H,1-3,7-9H2. The Morgan fingerprint density at radius 2 is 2.00 bits per heavy atom. The van der Waals surface area contributed by atoms with E-state index >= 15 is 0 Å². The maximum Gasteiger partial charge on any atom is 0.162 e. The fraction of sp³-hybridized carbons (Fsp3) is 0.462. The van der Waals surface area contributed by atoms with Crippen LogP contribution in [0.25, 0.3) is 0 Å². The fourth-order valence-corrected chi connectivity index (χ4v) is 2.55. The predicted molar refractivity (Wildman–Crippen MR) is 67.6 cm³/mol. The molecule has 4 heteroatoms. The molecule has 0 unspecified atom stereocenters. The van der Waals surface area contributed by atoms with E-state index in [1.165, 1.54) is 4.90 Å². The van der Waals surface area contributed by atoms with Crippen molar-refractivity contribution >= 4 is 11.8 Å². The number of nitriles is 1. The van der Waals surface area contributed by atoms with E-state index in [0.29, 0.717) is 19.6 Å². The van der Waals surface area contributed by atoms with Crippen LogP contribution in [0.4, 0.5) is 0 Å². The van der Waals surface area contributed by atoms with E-state index < -0.39 is 0 Å². The van der Waals surface area contributed by atoms with Crippen LogP contribution < -0.4 is 9.47 Å². The van der Waals surface area contributed by atoms with Gasteiger partial charge in [-0.25, -0.2) is 0 Å². The molecule has 0 aliphatic carbocycles. The molecular formula is C13H15NO2S. The van der Waals surface area contributed by atoms with Crippen LogP contribution in [-0.4, -0.2) is 19.0 Å². The topological polar surface area (TPSA) is 42.2 Å². The number of hydrogen-bond donors (Lipinski definition) is 0. The Labute approximate surface area is 106 Å². The first-order valence-electron chi connectivity index (χ1n) is 5.79. The lowest BCUT2D eigenvalue weighted by molar-refractivity contribution is 0.171. The SMILES string of the molecule is N#CCCCCSc1ccc2c(c1)OCCO2. The van der Waals surface area contributed by atoms with Crippen LogP contribution in [0.5, 0.6) is 11.5 Å². The van der Waals surface area contributed by atoms with E-state index in [1.807, 2.05) is 12.1 Å². The summed E-state index contributed by atoms with van der Waals surface area (Å²) in [7, 11) is 0. The Morgan fingerprint density at radius 3 is 2.82 bits per heavy atom. The normalized spacial score (nSPS) is 13.1. The molecule has 0 atom stereocenters. The summed E-state index contributed by atoms with van der Waals surface area (Å²) < 4.78 is 11.0. The van der Waals surface area contributed by atoms with Crippen molar-refractivity contribution in [3.63, 3.8) is 0 Å². The molecule has 1 aromatic rings. The van der Waals surface area contributed by atoms with E-state index in [4.69, 9.17) is 14.7 Å². The molecule has 17 heavy (non-hydrogen) atoms. The molecule has 0 aromatic heterocycles. The number of rotatable bonds is 5. The molecule has 1 aliphatic rings. The third kappa shape index (κ3) is 3.57. The lowest BCUT2D eigenvalue weighted by Crippen LogP contribution is -2.15. The Morgan fingerprint density at radius 1 is 1.18 bits per heavy atom. The van der Waals surface area contributed by atoms with Crippen molar-refractivity contribution in [3.8, 4) is 17.6 Å². The van der Waals surface area contributed by atoms with Crippen LogP contribution in [0.3, 0.4) is 0 Å². The monoisotopic (exact) mass is 249 g/mol. The van der Waals surface area contributed by atoms with Crippen molar-refractivity contribution in [3.05, 3.63) is 18.2 Å². The van der Waals surface area contributed by atoms with Crippen molar-refractivity contribution in [2.45, 2.75) is 24.2 Å². The number of hydrogen-bond acceptors (Lipinski definition) is 4. The quantitative estimate of drug-likeness (QED) is 0.593. The van der Waals surface area contributed by atoms with Crippen molar-refractivity contribution in [1.82, 2.24) is 0 Å². The molecule has 0 radical (unpaired) electrons. The zero-order valence-electron chi connectivity index (χ0n) is 9.65. The molecular weight excluding hydrogens is 234 g/mol. The van der Waals surface area contributed by atoms with E-state index in [0.717, 1.165) is 30.1 Å². The van der Waals surface area contributed by atoms with Crippen LogP contribution in [0, 0.1) is 11.3 Å². The van der Waals surface area contributed by atoms with Crippen LogP contribution in [-0.2, 0) is 0 Å². The van der Waals surface area contributed by atoms with Gasteiger partial charge in [0, 0.05) is 11.3 Å². The largest absolute Gasteiger partial charge is 0.486 e. The van der Waals surface area contributed by atoms with Gasteiger partial charge in [0.15, 0.2) is 11.5 Å². The molecule has 0 amide bonds. The molecule has 3 nitrogen and oxygen atoms in total. The highest BCUT2D eigenvalue weighted by molar-refractivity contribution is 7.99. The molecule has 0 saturated carbocycles. The summed E-state index contributed by atoms with van der Waals surface area (Å²) in [5, 5.41) is 8.43. The van der Waals surface area contributed by atoms with Gasteiger partial charge in [0.1, 0.15) is 13.2 Å². The van der Waals surface area contributed by atoms with Crippen molar-refractivity contribution in [2.75, 3.05) is 19.0 Å². The van der Waals surface area contributed by atoms with Crippen molar-refractivity contribution < 1.29 is 9.47 Å². The second kappa shape index (κ2) is 6.41. The Hall–Kier alpha value is -1.34. The minimum absolute atomic E-state index is 0.628. The van der Waals surface area contributed by atoms with Crippen LogP contribution in [0.15, 0.2) is 23.1 Å². The Bertz CT molecular complexity index is 414. The van der Waals surface area contributed by atoms with Gasteiger partial charge in [-0.1, -0.05) is 0 Å². The van der Waals surface area contributed by atoms with E-state index in [-0.39, 0.29) is 0 Å². The van der Waals surface area contributed by atoms with E-state index in [2.05, 4.69) is 12.1 Å². The minimum Gasteiger partial charge on any atom is -0.486 e. The summed E-state index contributed by atoms with van der Waals surface area (Å²) in [6.45, 7) is 1.26. The summed E-state index contributed by atoms with van der Waals surface area (Å²) in [6.07, 6.45) is 2.71. The Balaban J connectivity index is 1.83. The molecule has 0 N–H and O–H groups in total. The molecule has 0 fully saturated rings. The molecule has 0 spiro atoms. The van der Waals surface area contributed by atoms with Gasteiger partial charge < -0.3 is 9.47 Å². The summed E-state index contributed by atoms with van der Waals surface area (Å²) in [5.74, 6) is 2.73. The second-order valence-electron chi connectivity index (χ2n) is 3.77. The fourth-order valence-electron chi connectivity index (χ4n) is 1.61. The molecule has 1 heterocycles. The van der Waals surface area contributed by atoms with Gasteiger partial charge in [0.2, 0.25) is 0 Å². The zero-order valence-corrected chi connectivity index (χ0v) is 10.5. The van der Waals surface area contributed by atoms with Gasteiger partial charge in [-0.05, 0) is 36.8 Å². The minimum atomic E-state index is 0.628. The first kappa shape index (κ1) is 12.1. The maximum atomic E-state index is 8.43. The first-order chi connectivity index (χ1) is 8.40. The molecule has 1 aliphatic heterocycles.